The van der Waals surface area contributed by atoms with Crippen molar-refractivity contribution in [2.24, 2.45) is 5.10 Å². The highest BCUT2D eigenvalue weighted by Gasteiger charge is 2.14. The molecule has 2 aromatic carbocycles. The van der Waals surface area contributed by atoms with Crippen molar-refractivity contribution in [1.29, 1.82) is 0 Å². The molecule has 1 heterocycles. The summed E-state index contributed by atoms with van der Waals surface area (Å²) < 4.78 is 6.80. The quantitative estimate of drug-likeness (QED) is 0.485. The predicted molar refractivity (Wildman–Crippen MR) is 80.0 cm³/mol. The monoisotopic (exact) mass is 280 g/mol. The molecule has 106 valence electrons. The highest BCUT2D eigenvalue weighted by molar-refractivity contribution is 5.90. The summed E-state index contributed by atoms with van der Waals surface area (Å²) in [6.45, 7) is 0.721. The zero-order chi connectivity index (χ0) is 14.7. The van der Waals surface area contributed by atoms with Crippen molar-refractivity contribution in [1.82, 2.24) is 0 Å². The Kier molecular flexibility index (Phi) is 3.69. The van der Waals surface area contributed by atoms with Gasteiger partial charge in [-0.05, 0) is 34.4 Å². The number of hydrogen-bond acceptors (Lipinski definition) is 3. The van der Waals surface area contributed by atoms with Gasteiger partial charge in [0.15, 0.2) is 6.54 Å². The van der Waals surface area contributed by atoms with Gasteiger partial charge in [-0.3, -0.25) is 0 Å². The van der Waals surface area contributed by atoms with E-state index in [0.29, 0.717) is 5.56 Å². The Morgan fingerprint density at radius 2 is 1.90 bits per heavy atom. The molecule has 3 rings (SSSR count). The van der Waals surface area contributed by atoms with E-state index in [1.54, 1.807) is 36.1 Å². The maximum absolute atomic E-state index is 12.2. The largest absolute Gasteiger partial charge is 0.854 e. The maximum atomic E-state index is 12.2. The van der Waals surface area contributed by atoms with Crippen LogP contribution in [-0.4, -0.2) is 30.5 Å². The molecule has 0 atom stereocenters. The van der Waals surface area contributed by atoms with Crippen molar-refractivity contribution in [2.75, 3.05) is 13.7 Å². The van der Waals surface area contributed by atoms with Crippen LogP contribution in [-0.2, 0) is 6.42 Å². The third kappa shape index (κ3) is 2.94. The van der Waals surface area contributed by atoms with E-state index < -0.39 is 0 Å². The average molecular weight is 280 g/mol. The Morgan fingerprint density at radius 1 is 1.14 bits per heavy atom. The molecule has 4 heteroatoms. The zero-order valence-electron chi connectivity index (χ0n) is 11.8. The van der Waals surface area contributed by atoms with Crippen LogP contribution in [0, 0.1) is 0 Å². The molecule has 1 aliphatic heterocycles. The average Bonchev–Trinajstić information content (AvgIpc) is 2.55. The summed E-state index contributed by atoms with van der Waals surface area (Å²) in [5.74, 6) is 0.485. The standard InChI is InChI=1S/C17H16N2O2/c1-21-16-8-6-14(7-9-16)17(20)18-19-11-10-13-4-2-3-5-15(13)12-19/h2-9,12H,10-11H2,1H3. The number of nitrogens with zero attached hydrogens (tertiary/aromatic N) is 2. The molecule has 0 saturated carbocycles. The molecule has 0 N–H and O–H groups in total. The fourth-order valence-corrected chi connectivity index (χ4v) is 2.33. The third-order valence-corrected chi connectivity index (χ3v) is 3.51. The van der Waals surface area contributed by atoms with E-state index in [1.165, 1.54) is 5.56 Å². The molecule has 1 aliphatic rings. The zero-order valence-corrected chi connectivity index (χ0v) is 11.8. The third-order valence-electron chi connectivity index (χ3n) is 3.51. The molecule has 0 amide bonds. The van der Waals surface area contributed by atoms with E-state index in [4.69, 9.17) is 4.74 Å². The van der Waals surface area contributed by atoms with Gasteiger partial charge in [-0.15, -0.1) is 0 Å². The second-order valence-electron chi connectivity index (χ2n) is 4.87. The van der Waals surface area contributed by atoms with Gasteiger partial charge >= 0.3 is 0 Å². The Bertz CT molecular complexity index is 703. The molecule has 0 spiro atoms. The van der Waals surface area contributed by atoms with Gasteiger partial charge in [0.25, 0.3) is 0 Å². The smallest absolute Gasteiger partial charge is 0.203 e. The van der Waals surface area contributed by atoms with E-state index in [-0.39, 0.29) is 5.90 Å². The van der Waals surface area contributed by atoms with Crippen molar-refractivity contribution in [3.05, 3.63) is 65.2 Å². The van der Waals surface area contributed by atoms with Crippen LogP contribution in [0.2, 0.25) is 0 Å². The van der Waals surface area contributed by atoms with Gasteiger partial charge in [0, 0.05) is 12.0 Å². The molecule has 0 radical (unpaired) electrons. The van der Waals surface area contributed by atoms with E-state index in [0.717, 1.165) is 24.3 Å². The van der Waals surface area contributed by atoms with Crippen molar-refractivity contribution in [3.63, 3.8) is 0 Å². The number of fused-ring (bicyclic) bond motifs is 1. The first-order valence-corrected chi connectivity index (χ1v) is 6.86. The van der Waals surface area contributed by atoms with E-state index in [1.807, 2.05) is 24.4 Å². The van der Waals surface area contributed by atoms with Crippen molar-refractivity contribution in [3.8, 4) is 5.75 Å². The SMILES string of the molecule is COc1ccc(/C([O-])=N/[N+]2=Cc3ccccc3CC2)cc1. The lowest BCUT2D eigenvalue weighted by atomic mass is 10.0. The Morgan fingerprint density at radius 3 is 2.67 bits per heavy atom. The van der Waals surface area contributed by atoms with Crippen LogP contribution >= 0.6 is 0 Å². The van der Waals surface area contributed by atoms with E-state index in [9.17, 15) is 5.11 Å². The minimum atomic E-state index is -0.242. The van der Waals surface area contributed by atoms with E-state index in [2.05, 4.69) is 11.2 Å². The Balaban J connectivity index is 1.86. The number of ether oxygens (including phenoxy) is 1. The minimum Gasteiger partial charge on any atom is -0.854 e. The molecule has 21 heavy (non-hydrogen) atoms. The first-order chi connectivity index (χ1) is 10.3. The van der Waals surface area contributed by atoms with Crippen LogP contribution in [0.15, 0.2) is 53.6 Å². The van der Waals surface area contributed by atoms with Crippen molar-refractivity contribution in [2.45, 2.75) is 6.42 Å². The fraction of sp³-hybridized carbons (Fsp3) is 0.176. The van der Waals surface area contributed by atoms with Gasteiger partial charge in [-0.25, -0.2) is 0 Å². The number of methoxy groups -OCH3 is 1. The number of hydrazone groups is 1. The lowest BCUT2D eigenvalue weighted by Crippen LogP contribution is -2.25. The summed E-state index contributed by atoms with van der Waals surface area (Å²) in [7, 11) is 1.60. The second kappa shape index (κ2) is 5.79. The molecular formula is C17H16N2O2. The van der Waals surface area contributed by atoms with Crippen molar-refractivity contribution < 1.29 is 14.5 Å². The molecule has 0 saturated heterocycles. The minimum absolute atomic E-state index is 0.242. The van der Waals surface area contributed by atoms with Gasteiger partial charge in [-0.2, -0.15) is 0 Å². The first kappa shape index (κ1) is 13.4. The molecule has 0 aromatic heterocycles. The summed E-state index contributed by atoms with van der Waals surface area (Å²) >= 11 is 0. The van der Waals surface area contributed by atoms with Crippen LogP contribution in [0.5, 0.6) is 5.75 Å². The molecule has 4 nitrogen and oxygen atoms in total. The number of benzene rings is 2. The summed E-state index contributed by atoms with van der Waals surface area (Å²) in [6, 6.07) is 15.1. The predicted octanol–water partition coefficient (Wildman–Crippen LogP) is 1.40. The van der Waals surface area contributed by atoms with Crippen LogP contribution < -0.4 is 9.84 Å². The molecule has 0 unspecified atom stereocenters. The second-order valence-corrected chi connectivity index (χ2v) is 4.87. The van der Waals surface area contributed by atoms with Gasteiger partial charge in [0.1, 0.15) is 5.75 Å². The Labute approximate surface area is 123 Å². The lowest BCUT2D eigenvalue weighted by molar-refractivity contribution is -0.533. The van der Waals surface area contributed by atoms with Crippen LogP contribution in [0.1, 0.15) is 16.7 Å². The molecule has 2 aromatic rings. The van der Waals surface area contributed by atoms with Gasteiger partial charge in [-0.1, -0.05) is 35.0 Å². The topological polar surface area (TPSA) is 47.7 Å². The lowest BCUT2D eigenvalue weighted by Gasteiger charge is -2.12. The van der Waals surface area contributed by atoms with Crippen LogP contribution in [0.3, 0.4) is 0 Å². The van der Waals surface area contributed by atoms with E-state index >= 15 is 0 Å². The summed E-state index contributed by atoms with van der Waals surface area (Å²) in [4.78, 5) is 0. The van der Waals surface area contributed by atoms with Crippen molar-refractivity contribution >= 4 is 12.1 Å². The number of rotatable bonds is 3. The summed E-state index contributed by atoms with van der Waals surface area (Å²) in [5.41, 5.74) is 2.97. The summed E-state index contributed by atoms with van der Waals surface area (Å²) in [5, 5.41) is 16.3. The Hall–Kier alpha value is -2.62. The first-order valence-electron chi connectivity index (χ1n) is 6.86. The van der Waals surface area contributed by atoms with Gasteiger partial charge < -0.3 is 9.84 Å². The maximum Gasteiger partial charge on any atom is 0.203 e. The fourth-order valence-electron chi connectivity index (χ4n) is 2.33. The van der Waals surface area contributed by atoms with Gasteiger partial charge in [0.05, 0.1) is 13.0 Å². The van der Waals surface area contributed by atoms with Crippen LogP contribution in [0.4, 0.5) is 0 Å². The highest BCUT2D eigenvalue weighted by Crippen LogP contribution is 2.13. The summed E-state index contributed by atoms with van der Waals surface area (Å²) in [6.07, 6.45) is 2.81. The van der Waals surface area contributed by atoms with Gasteiger partial charge in [0.2, 0.25) is 6.21 Å². The molecule has 0 bridgehead atoms. The molecule has 0 aliphatic carbocycles. The number of hydrogen-bond donors (Lipinski definition) is 0. The molecule has 0 fully saturated rings. The normalized spacial score (nSPS) is 14.3. The molecular weight excluding hydrogens is 264 g/mol. The van der Waals surface area contributed by atoms with Crippen LogP contribution in [0.25, 0.3) is 0 Å². The highest BCUT2D eigenvalue weighted by atomic mass is 16.5.